The SMILES string of the molecule is O=c1[nH]c(Cc2cccnc2)ncc1S(=O)CCCCCCCSc1ccc(Cl)cc1. The number of halogens is 1. The Kier molecular flexibility index (Phi) is 9.78. The molecule has 0 aliphatic carbocycles. The van der Waals surface area contributed by atoms with E-state index in [4.69, 9.17) is 11.6 Å². The summed E-state index contributed by atoms with van der Waals surface area (Å²) in [5.74, 6) is 2.13. The fraction of sp³-hybridized carbons (Fsp3) is 0.348. The number of H-pyrrole nitrogens is 1. The Morgan fingerprint density at radius 1 is 1.00 bits per heavy atom. The van der Waals surface area contributed by atoms with Crippen LogP contribution in [0.15, 0.2) is 69.6 Å². The average Bonchev–Trinajstić information content (AvgIpc) is 2.77. The van der Waals surface area contributed by atoms with Crippen molar-refractivity contribution in [3.8, 4) is 0 Å². The van der Waals surface area contributed by atoms with Crippen molar-refractivity contribution in [1.29, 1.82) is 0 Å². The van der Waals surface area contributed by atoms with E-state index in [9.17, 15) is 9.00 Å². The van der Waals surface area contributed by atoms with Crippen molar-refractivity contribution in [2.75, 3.05) is 11.5 Å². The average molecular weight is 476 g/mol. The standard InChI is InChI=1S/C23H26ClN3O2S2/c24-19-8-10-20(11-9-19)30-13-4-2-1-3-5-14-31(29)21-17-26-22(27-23(21)28)15-18-7-6-12-25-16-18/h6-12,16-17H,1-5,13-15H2,(H,26,27,28). The van der Waals surface area contributed by atoms with E-state index in [1.807, 2.05) is 48.2 Å². The molecule has 1 unspecified atom stereocenters. The van der Waals surface area contributed by atoms with Crippen LogP contribution in [-0.2, 0) is 17.2 Å². The molecular weight excluding hydrogens is 450 g/mol. The van der Waals surface area contributed by atoms with Gasteiger partial charge in [0.15, 0.2) is 0 Å². The largest absolute Gasteiger partial charge is 0.309 e. The van der Waals surface area contributed by atoms with Crippen LogP contribution in [0.1, 0.15) is 43.5 Å². The lowest BCUT2D eigenvalue weighted by atomic mass is 10.2. The molecule has 0 radical (unpaired) electrons. The molecule has 3 aromatic rings. The number of nitrogens with zero attached hydrogens (tertiary/aromatic N) is 2. The first-order valence-electron chi connectivity index (χ1n) is 10.4. The Bertz CT molecular complexity index is 1030. The zero-order valence-electron chi connectivity index (χ0n) is 17.3. The van der Waals surface area contributed by atoms with Crippen molar-refractivity contribution in [1.82, 2.24) is 15.0 Å². The van der Waals surface area contributed by atoms with Gasteiger partial charge in [-0.3, -0.25) is 14.0 Å². The Morgan fingerprint density at radius 3 is 2.52 bits per heavy atom. The summed E-state index contributed by atoms with van der Waals surface area (Å²) in [5.41, 5.74) is 0.650. The molecule has 0 aliphatic heterocycles. The number of benzene rings is 1. The van der Waals surface area contributed by atoms with Gasteiger partial charge in [-0.1, -0.05) is 36.9 Å². The summed E-state index contributed by atoms with van der Waals surface area (Å²) in [4.78, 5) is 24.9. The summed E-state index contributed by atoms with van der Waals surface area (Å²) in [5, 5.41) is 0.764. The topological polar surface area (TPSA) is 75.7 Å². The summed E-state index contributed by atoms with van der Waals surface area (Å²) >= 11 is 7.74. The zero-order chi connectivity index (χ0) is 21.9. The number of pyridine rings is 1. The number of thioether (sulfide) groups is 1. The maximum absolute atomic E-state index is 12.5. The summed E-state index contributed by atoms with van der Waals surface area (Å²) in [6.45, 7) is 0. The second-order valence-corrected chi connectivity index (χ2v) is 10.3. The highest BCUT2D eigenvalue weighted by Crippen LogP contribution is 2.22. The minimum atomic E-state index is -1.32. The van der Waals surface area contributed by atoms with Crippen LogP contribution in [-0.4, -0.2) is 30.7 Å². The first-order chi connectivity index (χ1) is 15.1. The third kappa shape index (κ3) is 8.24. The molecule has 0 spiro atoms. The molecule has 8 heteroatoms. The van der Waals surface area contributed by atoms with E-state index in [2.05, 4.69) is 15.0 Å². The summed E-state index contributed by atoms with van der Waals surface area (Å²) in [6.07, 6.45) is 10.7. The fourth-order valence-electron chi connectivity index (χ4n) is 3.06. The Hall–Kier alpha value is -1.96. The van der Waals surface area contributed by atoms with Gasteiger partial charge in [-0.25, -0.2) is 4.98 Å². The van der Waals surface area contributed by atoms with Gasteiger partial charge in [-0.15, -0.1) is 11.8 Å². The number of hydrogen-bond donors (Lipinski definition) is 1. The van der Waals surface area contributed by atoms with Gasteiger partial charge in [0.1, 0.15) is 10.7 Å². The molecule has 31 heavy (non-hydrogen) atoms. The van der Waals surface area contributed by atoms with Crippen molar-refractivity contribution in [2.24, 2.45) is 0 Å². The van der Waals surface area contributed by atoms with Crippen molar-refractivity contribution >= 4 is 34.2 Å². The van der Waals surface area contributed by atoms with Gasteiger partial charge < -0.3 is 4.98 Å². The normalized spacial score (nSPS) is 12.0. The molecule has 0 amide bonds. The van der Waals surface area contributed by atoms with E-state index < -0.39 is 10.8 Å². The maximum atomic E-state index is 12.5. The van der Waals surface area contributed by atoms with E-state index in [0.717, 1.165) is 48.4 Å². The van der Waals surface area contributed by atoms with E-state index >= 15 is 0 Å². The molecular formula is C23H26ClN3O2S2. The van der Waals surface area contributed by atoms with Gasteiger partial charge in [-0.05, 0) is 54.5 Å². The number of unbranched alkanes of at least 4 members (excludes halogenated alkanes) is 4. The van der Waals surface area contributed by atoms with Gasteiger partial charge in [0.2, 0.25) is 0 Å². The van der Waals surface area contributed by atoms with Crippen LogP contribution in [0.2, 0.25) is 5.02 Å². The summed E-state index contributed by atoms with van der Waals surface area (Å²) < 4.78 is 12.5. The first kappa shape index (κ1) is 23.7. The highest BCUT2D eigenvalue weighted by Gasteiger charge is 2.10. The van der Waals surface area contributed by atoms with Crippen LogP contribution >= 0.6 is 23.4 Å². The molecule has 1 N–H and O–H groups in total. The zero-order valence-corrected chi connectivity index (χ0v) is 19.6. The molecule has 2 heterocycles. The summed E-state index contributed by atoms with van der Waals surface area (Å²) in [7, 11) is -1.32. The van der Waals surface area contributed by atoms with E-state index in [-0.39, 0.29) is 10.5 Å². The van der Waals surface area contributed by atoms with Gasteiger partial charge >= 0.3 is 0 Å². The molecule has 164 valence electrons. The highest BCUT2D eigenvalue weighted by molar-refractivity contribution is 7.99. The third-order valence-corrected chi connectivity index (χ3v) is 7.51. The van der Waals surface area contributed by atoms with Gasteiger partial charge in [0.25, 0.3) is 5.56 Å². The fourth-order valence-corrected chi connectivity index (χ4v) is 5.22. The van der Waals surface area contributed by atoms with Crippen LogP contribution in [0, 0.1) is 0 Å². The van der Waals surface area contributed by atoms with E-state index in [1.54, 1.807) is 12.4 Å². The molecule has 1 aromatic carbocycles. The Labute approximate surface area is 194 Å². The van der Waals surface area contributed by atoms with E-state index in [1.165, 1.54) is 11.1 Å². The second-order valence-electron chi connectivity index (χ2n) is 7.18. The Morgan fingerprint density at radius 2 is 1.77 bits per heavy atom. The van der Waals surface area contributed by atoms with Crippen LogP contribution in [0.3, 0.4) is 0 Å². The number of nitrogens with one attached hydrogen (secondary N) is 1. The molecule has 0 bridgehead atoms. The van der Waals surface area contributed by atoms with Gasteiger partial charge in [0.05, 0.1) is 17.0 Å². The highest BCUT2D eigenvalue weighted by atomic mass is 35.5. The molecule has 0 aliphatic rings. The number of hydrogen-bond acceptors (Lipinski definition) is 5. The van der Waals surface area contributed by atoms with Gasteiger partial charge in [0, 0.05) is 34.5 Å². The number of rotatable bonds is 12. The second kappa shape index (κ2) is 12.8. The molecule has 5 nitrogen and oxygen atoms in total. The van der Waals surface area contributed by atoms with Crippen LogP contribution in [0.25, 0.3) is 0 Å². The number of aromatic amines is 1. The third-order valence-electron chi connectivity index (χ3n) is 4.72. The van der Waals surface area contributed by atoms with Crippen LogP contribution in [0.5, 0.6) is 0 Å². The van der Waals surface area contributed by atoms with E-state index in [0.29, 0.717) is 18.0 Å². The van der Waals surface area contributed by atoms with Crippen LogP contribution < -0.4 is 5.56 Å². The lowest BCUT2D eigenvalue weighted by Gasteiger charge is -2.05. The first-order valence-corrected chi connectivity index (χ1v) is 13.0. The van der Waals surface area contributed by atoms with Gasteiger partial charge in [-0.2, -0.15) is 0 Å². The van der Waals surface area contributed by atoms with Crippen molar-refractivity contribution < 1.29 is 4.21 Å². The maximum Gasteiger partial charge on any atom is 0.267 e. The molecule has 1 atom stereocenters. The molecule has 0 saturated heterocycles. The quantitative estimate of drug-likeness (QED) is 0.285. The molecule has 2 aromatic heterocycles. The molecule has 0 fully saturated rings. The molecule has 0 saturated carbocycles. The summed E-state index contributed by atoms with van der Waals surface area (Å²) in [6, 6.07) is 11.7. The lowest BCUT2D eigenvalue weighted by molar-refractivity contribution is 0.649. The predicted molar refractivity (Wildman–Crippen MR) is 128 cm³/mol. The minimum Gasteiger partial charge on any atom is -0.309 e. The minimum absolute atomic E-state index is 0.259. The smallest absolute Gasteiger partial charge is 0.267 e. The van der Waals surface area contributed by atoms with Crippen molar-refractivity contribution in [3.63, 3.8) is 0 Å². The van der Waals surface area contributed by atoms with Crippen molar-refractivity contribution in [3.05, 3.63) is 81.8 Å². The van der Waals surface area contributed by atoms with Crippen molar-refractivity contribution in [2.45, 2.75) is 48.3 Å². The van der Waals surface area contributed by atoms with Crippen LogP contribution in [0.4, 0.5) is 0 Å². The molecule has 3 rings (SSSR count). The Balaban J connectivity index is 1.32. The predicted octanol–water partition coefficient (Wildman–Crippen LogP) is 5.26. The lowest BCUT2D eigenvalue weighted by Crippen LogP contribution is -2.18. The number of aromatic nitrogens is 3. The monoisotopic (exact) mass is 475 g/mol.